The average Bonchev–Trinajstić information content (AvgIpc) is 2.78. The van der Waals surface area contributed by atoms with Gasteiger partial charge >= 0.3 is 0 Å². The lowest BCUT2D eigenvalue weighted by atomic mass is 10.1. The van der Waals surface area contributed by atoms with Crippen molar-refractivity contribution in [1.82, 2.24) is 10.7 Å². The molecule has 0 aromatic heterocycles. The van der Waals surface area contributed by atoms with Crippen LogP contribution in [0, 0.1) is 0 Å². The number of carbonyl (C=O) groups excluding carboxylic acids is 1. The van der Waals surface area contributed by atoms with Crippen molar-refractivity contribution >= 4 is 39.6 Å². The second-order valence-electron chi connectivity index (χ2n) is 4.61. The lowest BCUT2D eigenvalue weighted by molar-refractivity contribution is 0.106. The van der Waals surface area contributed by atoms with Gasteiger partial charge in [0.2, 0.25) is 5.78 Å². The molecule has 2 aromatic carbocycles. The maximum atomic E-state index is 12.5. The van der Waals surface area contributed by atoms with Gasteiger partial charge in [-0.05, 0) is 17.6 Å². The van der Waals surface area contributed by atoms with Gasteiger partial charge in [0.05, 0.1) is 0 Å². The Kier molecular flexibility index (Phi) is 3.50. The first-order valence-corrected chi connectivity index (χ1v) is 6.92. The largest absolute Gasteiger partial charge is 0.358 e. The van der Waals surface area contributed by atoms with Gasteiger partial charge in [0.25, 0.3) is 0 Å². The summed E-state index contributed by atoms with van der Waals surface area (Å²) in [6.45, 7) is 4.14. The third-order valence-corrected chi connectivity index (χ3v) is 3.53. The average molecular weight is 295 g/mol. The molecule has 2 aromatic rings. The summed E-state index contributed by atoms with van der Waals surface area (Å²) in [6, 6.07) is 11.5. The predicted molar refractivity (Wildman–Crippen MR) is 88.7 cm³/mol. The second-order valence-corrected chi connectivity index (χ2v) is 5.02. The van der Waals surface area contributed by atoms with E-state index in [9.17, 15) is 4.79 Å². The van der Waals surface area contributed by atoms with Crippen LogP contribution in [0.3, 0.4) is 0 Å². The topological polar surface area (TPSA) is 53.5 Å². The molecule has 0 aliphatic heterocycles. The van der Waals surface area contributed by atoms with E-state index in [1.807, 2.05) is 36.4 Å². The number of nitrogens with zero attached hydrogens (tertiary/aromatic N) is 1. The highest BCUT2D eigenvalue weighted by Gasteiger charge is 2.28. The van der Waals surface area contributed by atoms with E-state index in [2.05, 4.69) is 22.4 Å². The van der Waals surface area contributed by atoms with Crippen LogP contribution in [0.4, 0.5) is 0 Å². The zero-order valence-electron chi connectivity index (χ0n) is 11.2. The van der Waals surface area contributed by atoms with Crippen LogP contribution in [0.15, 0.2) is 54.2 Å². The van der Waals surface area contributed by atoms with Gasteiger partial charge < -0.3 is 5.32 Å². The van der Waals surface area contributed by atoms with Gasteiger partial charge in [-0.25, -0.2) is 0 Å². The molecule has 0 spiro atoms. The van der Waals surface area contributed by atoms with Crippen molar-refractivity contribution in [1.29, 1.82) is 0 Å². The standard InChI is InChI=1S/C16H13N3OS/c1-2-9-17-16(21)19-18-14-11-7-3-5-10-6-4-8-12(13(10)11)15(14)20/h2-8H,1,9H2,(H2,17,19,21)/b18-14+. The number of rotatable bonds is 3. The maximum absolute atomic E-state index is 12.5. The zero-order chi connectivity index (χ0) is 14.8. The number of carbonyl (C=O) groups is 1. The molecule has 0 atom stereocenters. The van der Waals surface area contributed by atoms with Crippen molar-refractivity contribution in [3.63, 3.8) is 0 Å². The zero-order valence-corrected chi connectivity index (χ0v) is 12.0. The molecule has 0 saturated heterocycles. The maximum Gasteiger partial charge on any atom is 0.214 e. The van der Waals surface area contributed by atoms with Crippen LogP contribution in [-0.4, -0.2) is 23.2 Å². The first kappa shape index (κ1) is 13.5. The Morgan fingerprint density at radius 3 is 2.67 bits per heavy atom. The van der Waals surface area contributed by atoms with Crippen LogP contribution < -0.4 is 10.7 Å². The Labute approximate surface area is 127 Å². The third-order valence-electron chi connectivity index (χ3n) is 3.30. The summed E-state index contributed by atoms with van der Waals surface area (Å²) in [5, 5.41) is 9.43. The highest BCUT2D eigenvalue weighted by molar-refractivity contribution is 7.80. The Balaban J connectivity index is 1.96. The second kappa shape index (κ2) is 5.46. The minimum atomic E-state index is -0.0826. The molecule has 0 radical (unpaired) electrons. The van der Waals surface area contributed by atoms with Gasteiger partial charge in [-0.2, -0.15) is 5.10 Å². The molecular weight excluding hydrogens is 282 g/mol. The van der Waals surface area contributed by atoms with E-state index in [4.69, 9.17) is 12.2 Å². The minimum Gasteiger partial charge on any atom is -0.358 e. The Hall–Kier alpha value is -2.53. The number of thiocarbonyl (C=S) groups is 1. The summed E-state index contributed by atoms with van der Waals surface area (Å²) in [5.41, 5.74) is 4.63. The number of hydrogen-bond acceptors (Lipinski definition) is 3. The molecule has 1 aliphatic carbocycles. The van der Waals surface area contributed by atoms with Gasteiger partial charge in [-0.1, -0.05) is 42.5 Å². The van der Waals surface area contributed by atoms with E-state index in [1.54, 1.807) is 6.08 Å². The molecular formula is C16H13N3OS. The van der Waals surface area contributed by atoms with Gasteiger partial charge in [0, 0.05) is 23.1 Å². The smallest absolute Gasteiger partial charge is 0.214 e. The number of ketones is 1. The first-order chi connectivity index (χ1) is 10.2. The molecule has 21 heavy (non-hydrogen) atoms. The van der Waals surface area contributed by atoms with E-state index in [0.29, 0.717) is 22.9 Å². The number of hydrazone groups is 1. The van der Waals surface area contributed by atoms with E-state index >= 15 is 0 Å². The van der Waals surface area contributed by atoms with Crippen LogP contribution in [0.5, 0.6) is 0 Å². The van der Waals surface area contributed by atoms with Gasteiger partial charge in [-0.3, -0.25) is 10.2 Å². The van der Waals surface area contributed by atoms with Crippen molar-refractivity contribution in [3.8, 4) is 0 Å². The van der Waals surface area contributed by atoms with Crippen LogP contribution in [0.25, 0.3) is 10.8 Å². The van der Waals surface area contributed by atoms with E-state index in [-0.39, 0.29) is 5.78 Å². The van der Waals surface area contributed by atoms with Crippen molar-refractivity contribution in [2.75, 3.05) is 6.54 Å². The molecule has 0 heterocycles. The van der Waals surface area contributed by atoms with Crippen molar-refractivity contribution in [2.24, 2.45) is 5.10 Å². The quantitative estimate of drug-likeness (QED) is 0.519. The molecule has 0 saturated carbocycles. The predicted octanol–water partition coefficient (Wildman–Crippen LogP) is 2.39. The molecule has 4 nitrogen and oxygen atoms in total. The van der Waals surface area contributed by atoms with Gasteiger partial charge in [0.1, 0.15) is 5.71 Å². The normalized spacial score (nSPS) is 14.5. The lowest BCUT2D eigenvalue weighted by Crippen LogP contribution is -2.33. The molecule has 0 fully saturated rings. The van der Waals surface area contributed by atoms with Crippen LogP contribution in [0.2, 0.25) is 0 Å². The Morgan fingerprint density at radius 2 is 1.95 bits per heavy atom. The molecule has 104 valence electrons. The van der Waals surface area contributed by atoms with Gasteiger partial charge in [-0.15, -0.1) is 6.58 Å². The number of benzene rings is 2. The number of hydrogen-bond donors (Lipinski definition) is 2. The van der Waals surface area contributed by atoms with Crippen LogP contribution in [0.1, 0.15) is 15.9 Å². The lowest BCUT2D eigenvalue weighted by Gasteiger charge is -2.05. The number of Topliss-reactive ketones (excluding diaryl/α,β-unsaturated/α-hetero) is 1. The van der Waals surface area contributed by atoms with Crippen molar-refractivity contribution in [2.45, 2.75) is 0 Å². The minimum absolute atomic E-state index is 0.0826. The highest BCUT2D eigenvalue weighted by Crippen LogP contribution is 2.30. The molecule has 1 aliphatic rings. The molecule has 2 N–H and O–H groups in total. The molecule has 0 bridgehead atoms. The SMILES string of the molecule is C=CCNC(=S)N/N=C1/C(=O)c2cccc3cccc1c23. The molecule has 3 rings (SSSR count). The molecule has 5 heteroatoms. The Bertz CT molecular complexity index is 790. The summed E-state index contributed by atoms with van der Waals surface area (Å²) in [5.74, 6) is -0.0826. The highest BCUT2D eigenvalue weighted by atomic mass is 32.1. The summed E-state index contributed by atoms with van der Waals surface area (Å²) in [6.07, 6.45) is 1.69. The van der Waals surface area contributed by atoms with Crippen LogP contribution in [-0.2, 0) is 0 Å². The summed E-state index contributed by atoms with van der Waals surface area (Å²) < 4.78 is 0. The molecule has 0 amide bonds. The van der Waals surface area contributed by atoms with Crippen molar-refractivity contribution < 1.29 is 4.79 Å². The fraction of sp³-hybridized carbons (Fsp3) is 0.0625. The summed E-state index contributed by atoms with van der Waals surface area (Å²) >= 11 is 5.07. The summed E-state index contributed by atoms with van der Waals surface area (Å²) in [7, 11) is 0. The van der Waals surface area contributed by atoms with Crippen LogP contribution >= 0.6 is 12.2 Å². The number of nitrogens with one attached hydrogen (secondary N) is 2. The Morgan fingerprint density at radius 1 is 1.24 bits per heavy atom. The van der Waals surface area contributed by atoms with E-state index < -0.39 is 0 Å². The van der Waals surface area contributed by atoms with Crippen molar-refractivity contribution in [3.05, 3.63) is 60.2 Å². The van der Waals surface area contributed by atoms with E-state index in [0.717, 1.165) is 16.3 Å². The van der Waals surface area contributed by atoms with Gasteiger partial charge in [0.15, 0.2) is 5.11 Å². The fourth-order valence-corrected chi connectivity index (χ4v) is 2.53. The molecule has 0 unspecified atom stereocenters. The third kappa shape index (κ3) is 2.32. The van der Waals surface area contributed by atoms with E-state index in [1.165, 1.54) is 0 Å². The fourth-order valence-electron chi connectivity index (χ4n) is 2.40. The summed E-state index contributed by atoms with van der Waals surface area (Å²) in [4.78, 5) is 12.5. The first-order valence-electron chi connectivity index (χ1n) is 6.51. The monoisotopic (exact) mass is 295 g/mol.